The first kappa shape index (κ1) is 25.0. The Labute approximate surface area is 196 Å². The van der Waals surface area contributed by atoms with Gasteiger partial charge in [-0.15, -0.1) is 11.3 Å². The Morgan fingerprint density at radius 2 is 1.91 bits per heavy atom. The lowest BCUT2D eigenvalue weighted by molar-refractivity contribution is 0.167. The second kappa shape index (κ2) is 9.70. The van der Waals surface area contributed by atoms with Crippen molar-refractivity contribution < 1.29 is 17.2 Å². The fourth-order valence-corrected chi connectivity index (χ4v) is 4.62. The molecular weight excluding hydrogens is 468 g/mol. The number of sulfonamides is 1. The highest BCUT2D eigenvalue weighted by Gasteiger charge is 2.24. The molecule has 7 nitrogen and oxygen atoms in total. The van der Waals surface area contributed by atoms with Gasteiger partial charge in [0.1, 0.15) is 5.82 Å². The van der Waals surface area contributed by atoms with Gasteiger partial charge in [-0.1, -0.05) is 12.1 Å². The molecule has 1 aromatic carbocycles. The molecule has 3 aromatic rings. The first-order chi connectivity index (χ1) is 15.4. The van der Waals surface area contributed by atoms with Crippen LogP contribution >= 0.6 is 11.3 Å². The number of nitrogens with zero attached hydrogens (tertiary/aromatic N) is 3. The summed E-state index contributed by atoms with van der Waals surface area (Å²) in [6, 6.07) is 5.95. The van der Waals surface area contributed by atoms with E-state index in [9.17, 15) is 17.2 Å². The average molecular weight is 496 g/mol. The Morgan fingerprint density at radius 3 is 2.55 bits per heavy atom. The van der Waals surface area contributed by atoms with Crippen LogP contribution in [0.2, 0.25) is 0 Å². The molecule has 33 heavy (non-hydrogen) atoms. The largest absolute Gasteiger partial charge is 0.379 e. The molecule has 0 aliphatic carbocycles. The third kappa shape index (κ3) is 6.04. The topological polar surface area (TPSA) is 87.2 Å². The summed E-state index contributed by atoms with van der Waals surface area (Å²) < 4.78 is 56.6. The number of halogens is 2. The Kier molecular flexibility index (Phi) is 7.35. The highest BCUT2D eigenvalue weighted by atomic mass is 32.2. The third-order valence-corrected chi connectivity index (χ3v) is 7.14. The van der Waals surface area contributed by atoms with E-state index < -0.39 is 20.9 Å². The number of rotatable bonds is 8. The van der Waals surface area contributed by atoms with Crippen molar-refractivity contribution >= 4 is 32.9 Å². The maximum absolute atomic E-state index is 14.7. The van der Waals surface area contributed by atoms with Gasteiger partial charge >= 0.3 is 0 Å². The van der Waals surface area contributed by atoms with E-state index in [0.29, 0.717) is 12.1 Å². The molecule has 0 unspecified atom stereocenters. The number of anilines is 2. The number of nitrogens with one attached hydrogen (secondary N) is 2. The molecule has 0 spiro atoms. The van der Waals surface area contributed by atoms with Crippen molar-refractivity contribution in [3.05, 3.63) is 63.6 Å². The second-order valence-electron chi connectivity index (χ2n) is 8.65. The van der Waals surface area contributed by atoms with E-state index in [4.69, 9.17) is 0 Å². The normalized spacial score (nSPS) is 12.2. The minimum absolute atomic E-state index is 0.0884. The van der Waals surface area contributed by atoms with Crippen LogP contribution in [0.3, 0.4) is 0 Å². The van der Waals surface area contributed by atoms with E-state index in [2.05, 4.69) is 45.7 Å². The summed E-state index contributed by atoms with van der Waals surface area (Å²) in [4.78, 5) is 9.89. The molecule has 3 rings (SSSR count). The van der Waals surface area contributed by atoms with Gasteiger partial charge in [-0.25, -0.2) is 18.7 Å². The van der Waals surface area contributed by atoms with Gasteiger partial charge in [0.15, 0.2) is 11.6 Å². The molecule has 2 N–H and O–H groups in total. The minimum atomic E-state index is -4.25. The highest BCUT2D eigenvalue weighted by Crippen LogP contribution is 2.25. The molecule has 2 heterocycles. The Bertz CT molecular complexity index is 1230. The molecule has 0 aliphatic rings. The number of aryl methyl sites for hydroxylation is 1. The van der Waals surface area contributed by atoms with Gasteiger partial charge in [0.25, 0.3) is 10.0 Å². The van der Waals surface area contributed by atoms with E-state index in [-0.39, 0.29) is 35.1 Å². The standard InChI is InChI=1S/C22H27F2N5O2S2/c1-14-19(9-18(24)21(27-14)33(30,31)28-20-12-32-13-26-20)25-10-16-15(7-6-8-17(16)23)11-29(5)22(2,3)4/h6-9,12-13,25,28H,10-11H2,1-5H3. The van der Waals surface area contributed by atoms with E-state index in [1.807, 2.05) is 13.1 Å². The third-order valence-electron chi connectivity index (χ3n) is 5.28. The summed E-state index contributed by atoms with van der Waals surface area (Å²) in [5.41, 5.74) is 3.15. The smallest absolute Gasteiger partial charge is 0.283 e. The zero-order valence-corrected chi connectivity index (χ0v) is 20.7. The lowest BCUT2D eigenvalue weighted by Crippen LogP contribution is -2.37. The lowest BCUT2D eigenvalue weighted by Gasteiger charge is -2.32. The summed E-state index contributed by atoms with van der Waals surface area (Å²) in [6.45, 7) is 8.39. The summed E-state index contributed by atoms with van der Waals surface area (Å²) in [6.07, 6.45) is 0. The number of thiazole rings is 1. The molecule has 0 radical (unpaired) electrons. The first-order valence-electron chi connectivity index (χ1n) is 10.2. The fraction of sp³-hybridized carbons (Fsp3) is 0.364. The SMILES string of the molecule is Cc1nc(S(=O)(=O)Nc2cscn2)c(F)cc1NCc1c(F)cccc1CN(C)C(C)(C)C. The number of aromatic nitrogens is 2. The van der Waals surface area contributed by atoms with Crippen molar-refractivity contribution in [3.8, 4) is 0 Å². The van der Waals surface area contributed by atoms with Crippen molar-refractivity contribution in [2.24, 2.45) is 0 Å². The van der Waals surface area contributed by atoms with Gasteiger partial charge in [0, 0.05) is 35.6 Å². The van der Waals surface area contributed by atoms with Crippen LogP contribution in [-0.4, -0.2) is 35.9 Å². The summed E-state index contributed by atoms with van der Waals surface area (Å²) in [5.74, 6) is -1.31. The van der Waals surface area contributed by atoms with Gasteiger partial charge < -0.3 is 5.32 Å². The van der Waals surface area contributed by atoms with Crippen LogP contribution in [0.4, 0.5) is 20.3 Å². The second-order valence-corrected chi connectivity index (χ2v) is 11.0. The summed E-state index contributed by atoms with van der Waals surface area (Å²) in [5, 5.41) is 3.76. The summed E-state index contributed by atoms with van der Waals surface area (Å²) >= 11 is 1.20. The van der Waals surface area contributed by atoms with Crippen LogP contribution in [0, 0.1) is 18.6 Å². The van der Waals surface area contributed by atoms with E-state index in [0.717, 1.165) is 11.6 Å². The monoisotopic (exact) mass is 495 g/mol. The van der Waals surface area contributed by atoms with Crippen molar-refractivity contribution in [2.45, 2.75) is 51.3 Å². The van der Waals surface area contributed by atoms with Crippen LogP contribution in [0.15, 0.2) is 40.2 Å². The minimum Gasteiger partial charge on any atom is -0.379 e. The molecule has 0 saturated carbocycles. The van der Waals surface area contributed by atoms with Crippen LogP contribution in [0.25, 0.3) is 0 Å². The number of benzene rings is 1. The first-order valence-corrected chi connectivity index (χ1v) is 12.6. The highest BCUT2D eigenvalue weighted by molar-refractivity contribution is 7.92. The molecule has 178 valence electrons. The number of hydrogen-bond acceptors (Lipinski definition) is 7. The van der Waals surface area contributed by atoms with Crippen LogP contribution in [0.1, 0.15) is 37.6 Å². The van der Waals surface area contributed by atoms with Gasteiger partial charge in [-0.05, 0) is 46.4 Å². The van der Waals surface area contributed by atoms with E-state index in [1.54, 1.807) is 13.0 Å². The predicted octanol–water partition coefficient (Wildman–Crippen LogP) is 4.77. The Morgan fingerprint density at radius 1 is 1.18 bits per heavy atom. The van der Waals surface area contributed by atoms with E-state index >= 15 is 0 Å². The van der Waals surface area contributed by atoms with Crippen LogP contribution < -0.4 is 10.0 Å². The molecule has 0 atom stereocenters. The number of hydrogen-bond donors (Lipinski definition) is 2. The average Bonchev–Trinajstić information content (AvgIpc) is 3.21. The lowest BCUT2D eigenvalue weighted by atomic mass is 10.0. The number of pyridine rings is 1. The molecule has 0 bridgehead atoms. The zero-order chi connectivity index (χ0) is 24.4. The van der Waals surface area contributed by atoms with E-state index in [1.165, 1.54) is 28.3 Å². The van der Waals surface area contributed by atoms with Crippen molar-refractivity contribution in [3.63, 3.8) is 0 Å². The van der Waals surface area contributed by atoms with Crippen molar-refractivity contribution in [2.75, 3.05) is 17.1 Å². The maximum Gasteiger partial charge on any atom is 0.283 e. The van der Waals surface area contributed by atoms with Gasteiger partial charge in [-0.3, -0.25) is 9.62 Å². The molecule has 2 aromatic heterocycles. The van der Waals surface area contributed by atoms with Crippen molar-refractivity contribution in [1.29, 1.82) is 0 Å². The molecule has 0 fully saturated rings. The summed E-state index contributed by atoms with van der Waals surface area (Å²) in [7, 11) is -2.28. The molecule has 11 heteroatoms. The van der Waals surface area contributed by atoms with Gasteiger partial charge in [0.2, 0.25) is 5.03 Å². The maximum atomic E-state index is 14.7. The van der Waals surface area contributed by atoms with Gasteiger partial charge in [-0.2, -0.15) is 8.42 Å². The fourth-order valence-electron chi connectivity index (χ4n) is 3.00. The predicted molar refractivity (Wildman–Crippen MR) is 127 cm³/mol. The van der Waals surface area contributed by atoms with Crippen molar-refractivity contribution in [1.82, 2.24) is 14.9 Å². The molecule has 0 aliphatic heterocycles. The molecular formula is C22H27F2N5O2S2. The quantitative estimate of drug-likeness (QED) is 0.468. The van der Waals surface area contributed by atoms with Gasteiger partial charge in [0.05, 0.1) is 16.9 Å². The van der Waals surface area contributed by atoms with Crippen LogP contribution in [0.5, 0.6) is 0 Å². The Hall–Kier alpha value is -2.63. The molecule has 0 saturated heterocycles. The zero-order valence-electron chi connectivity index (χ0n) is 19.1. The Balaban J connectivity index is 1.82. The van der Waals surface area contributed by atoms with Crippen LogP contribution in [-0.2, 0) is 23.1 Å². The molecule has 0 amide bonds.